The molecule has 2 aliphatic carbocycles. The fourth-order valence-corrected chi connectivity index (χ4v) is 20.8. The summed E-state index contributed by atoms with van der Waals surface area (Å²) in [5.41, 5.74) is 32.3. The second-order valence-corrected chi connectivity index (χ2v) is 33.1. The molecule has 0 aliphatic heterocycles. The Kier molecular flexibility index (Phi) is 15.5. The van der Waals surface area contributed by atoms with E-state index in [4.69, 9.17) is 4.42 Å². The normalized spacial score (nSPS) is 13.1. The number of rotatable bonds is 8. The molecular formula is C116H78O. The first-order valence-corrected chi connectivity index (χ1v) is 41.0. The highest BCUT2D eigenvalue weighted by molar-refractivity contribution is 6.25. The van der Waals surface area contributed by atoms with Crippen LogP contribution in [0.2, 0.25) is 0 Å². The van der Waals surface area contributed by atoms with Gasteiger partial charge >= 0.3 is 0 Å². The minimum Gasteiger partial charge on any atom is -0.455 e. The number of para-hydroxylation sites is 2. The number of hydrogen-bond donors (Lipinski definition) is 0. The van der Waals surface area contributed by atoms with Crippen molar-refractivity contribution in [2.75, 3.05) is 0 Å². The number of benzene rings is 21. The van der Waals surface area contributed by atoms with Gasteiger partial charge in [-0.3, -0.25) is 0 Å². The third-order valence-electron chi connectivity index (χ3n) is 26.0. The molecule has 117 heavy (non-hydrogen) atoms. The second-order valence-electron chi connectivity index (χ2n) is 33.1. The van der Waals surface area contributed by atoms with Gasteiger partial charge in [-0.1, -0.05) is 398 Å². The molecule has 21 aromatic carbocycles. The van der Waals surface area contributed by atoms with Gasteiger partial charge < -0.3 is 4.42 Å². The van der Waals surface area contributed by atoms with Gasteiger partial charge in [-0.25, -0.2) is 0 Å². The van der Waals surface area contributed by atoms with E-state index in [1.165, 1.54) is 209 Å². The minimum atomic E-state index is -0.116. The predicted molar refractivity (Wildman–Crippen MR) is 499 cm³/mol. The van der Waals surface area contributed by atoms with Crippen molar-refractivity contribution in [1.82, 2.24) is 0 Å². The molecule has 0 bridgehead atoms. The van der Waals surface area contributed by atoms with Crippen LogP contribution in [0.25, 0.3) is 219 Å². The number of furan rings is 1. The van der Waals surface area contributed by atoms with Crippen molar-refractivity contribution in [3.05, 3.63) is 423 Å². The van der Waals surface area contributed by atoms with E-state index in [1.54, 1.807) is 0 Å². The lowest BCUT2D eigenvalue weighted by atomic mass is 9.79. The van der Waals surface area contributed by atoms with Gasteiger partial charge in [0.05, 0.1) is 0 Å². The molecule has 0 fully saturated rings. The van der Waals surface area contributed by atoms with Gasteiger partial charge in [0.1, 0.15) is 11.2 Å². The van der Waals surface area contributed by atoms with Crippen LogP contribution in [0.4, 0.5) is 0 Å². The zero-order valence-electron chi connectivity index (χ0n) is 65.5. The van der Waals surface area contributed by atoms with Crippen molar-refractivity contribution >= 4 is 108 Å². The molecule has 0 saturated heterocycles. The summed E-state index contributed by atoms with van der Waals surface area (Å²) in [5.74, 6) is 0. The summed E-state index contributed by atoms with van der Waals surface area (Å²) in [6, 6.07) is 148. The van der Waals surface area contributed by atoms with Crippen LogP contribution in [0.15, 0.2) is 405 Å². The number of hydrogen-bond acceptors (Lipinski definition) is 1. The zero-order valence-corrected chi connectivity index (χ0v) is 65.5. The second kappa shape index (κ2) is 26.6. The van der Waals surface area contributed by atoms with E-state index in [1.807, 2.05) is 6.07 Å². The largest absolute Gasteiger partial charge is 0.455 e. The Balaban J connectivity index is 0.000000139. The summed E-state index contributed by atoms with van der Waals surface area (Å²) in [6.07, 6.45) is 0. The summed E-state index contributed by atoms with van der Waals surface area (Å²) < 4.78 is 6.50. The zero-order chi connectivity index (χ0) is 77.8. The van der Waals surface area contributed by atoms with Crippen molar-refractivity contribution in [3.63, 3.8) is 0 Å². The van der Waals surface area contributed by atoms with Crippen molar-refractivity contribution in [2.45, 2.75) is 38.5 Å². The van der Waals surface area contributed by atoms with E-state index in [-0.39, 0.29) is 10.8 Å². The van der Waals surface area contributed by atoms with Crippen LogP contribution < -0.4 is 0 Å². The summed E-state index contributed by atoms with van der Waals surface area (Å²) >= 11 is 0. The number of fused-ring (bicyclic) bond motifs is 23. The maximum Gasteiger partial charge on any atom is 0.143 e. The first kappa shape index (κ1) is 68.1. The van der Waals surface area contributed by atoms with E-state index >= 15 is 0 Å². The highest BCUT2D eigenvalue weighted by atomic mass is 16.3. The summed E-state index contributed by atoms with van der Waals surface area (Å²) in [7, 11) is 0. The quantitative estimate of drug-likeness (QED) is 0.109. The summed E-state index contributed by atoms with van der Waals surface area (Å²) in [4.78, 5) is 0. The van der Waals surface area contributed by atoms with Crippen LogP contribution in [0.3, 0.4) is 0 Å². The fourth-order valence-electron chi connectivity index (χ4n) is 20.8. The first-order valence-electron chi connectivity index (χ1n) is 41.0. The third-order valence-corrected chi connectivity index (χ3v) is 26.0. The first-order chi connectivity index (χ1) is 57.6. The lowest BCUT2D eigenvalue weighted by Crippen LogP contribution is -2.15. The molecule has 0 spiro atoms. The Hall–Kier alpha value is -14.5. The van der Waals surface area contributed by atoms with Crippen LogP contribution in [-0.2, 0) is 10.8 Å². The Morgan fingerprint density at radius 1 is 0.162 bits per heavy atom. The van der Waals surface area contributed by atoms with Gasteiger partial charge in [0.25, 0.3) is 0 Å². The smallest absolute Gasteiger partial charge is 0.143 e. The van der Waals surface area contributed by atoms with E-state index < -0.39 is 0 Å². The lowest BCUT2D eigenvalue weighted by Gasteiger charge is -2.24. The topological polar surface area (TPSA) is 13.1 Å². The molecule has 0 unspecified atom stereocenters. The van der Waals surface area contributed by atoms with Crippen molar-refractivity contribution < 1.29 is 4.42 Å². The van der Waals surface area contributed by atoms with E-state index in [0.29, 0.717) is 0 Å². The van der Waals surface area contributed by atoms with Crippen molar-refractivity contribution in [2.24, 2.45) is 0 Å². The van der Waals surface area contributed by atoms with Crippen LogP contribution >= 0.6 is 0 Å². The van der Waals surface area contributed by atoms with Gasteiger partial charge in [0.2, 0.25) is 0 Å². The van der Waals surface area contributed by atoms with E-state index in [9.17, 15) is 0 Å². The summed E-state index contributed by atoms with van der Waals surface area (Å²) in [5, 5.41) is 23.0. The molecule has 1 heteroatoms. The fraction of sp³-hybridized carbons (Fsp3) is 0.0517. The summed E-state index contributed by atoms with van der Waals surface area (Å²) in [6.45, 7) is 9.58. The van der Waals surface area contributed by atoms with Crippen LogP contribution in [0, 0.1) is 0 Å². The SMILES string of the molecule is CC1(C)c2ccc(-c3ccc(-c4c5ccccc5c(-c5cccc(-c6cccc7c6oc6ccccc67)c5)c5ccccc45)cc3)cc2-c2c1c1ccccc1c1ccccc21.CC1(C)c2ccc(-c3ccc(-c4c5ccccc5c(-c5cccc(-c6ccccc6)c5)c5ccccc45)cc3)cc2-c2c1c1ccccc1c1ccccc21. The molecule has 0 amide bonds. The van der Waals surface area contributed by atoms with Crippen molar-refractivity contribution in [1.29, 1.82) is 0 Å². The van der Waals surface area contributed by atoms with Crippen molar-refractivity contribution in [3.8, 4) is 111 Å². The molecule has 1 aromatic heterocycles. The molecule has 22 aromatic rings. The lowest BCUT2D eigenvalue weighted by molar-refractivity contribution is 0.666. The molecule has 1 nitrogen and oxygen atoms in total. The standard InChI is InChI=1S/C61H40O.C55H38/c1-61(2)54-34-33-39(36-53(54)58-46-20-5-3-17-43(46)44-18-4-10-25-51(44)59(58)61)37-29-31-38(32-30-37)56-47-21-6-8-23-49(47)57(50-24-9-7-22-48(50)56)41-16-13-15-40(35-41)42-26-14-27-52-45-19-11-12-28-55(45)62-60(42)52;1-55(2)50-32-31-39(34-49(50)53-43-21-8-6-19-41(43)42-20-7-13-26-48(42)54(53)55)36-27-29-37(30-28-36)51-44-22-9-11-24-46(44)52(47-25-12-10-23-45(47)51)40-18-14-17-38(33-40)35-15-4-3-5-16-35/h3-36H,1-2H3;3-34H,1-2H3. The molecule has 0 atom stereocenters. The van der Waals surface area contributed by atoms with Crippen LogP contribution in [-0.4, -0.2) is 0 Å². The molecule has 548 valence electrons. The molecule has 0 radical (unpaired) electrons. The molecule has 0 N–H and O–H groups in total. The minimum absolute atomic E-state index is 0.103. The Labute approximate surface area is 680 Å². The van der Waals surface area contributed by atoms with Gasteiger partial charge in [-0.2, -0.15) is 0 Å². The van der Waals surface area contributed by atoms with Gasteiger partial charge in [0.15, 0.2) is 0 Å². The molecule has 2 aliphatic rings. The molecular weight excluding hydrogens is 1410 g/mol. The average Bonchev–Trinajstić information content (AvgIpc) is 1.55. The third kappa shape index (κ3) is 10.6. The van der Waals surface area contributed by atoms with Gasteiger partial charge in [-0.15, -0.1) is 0 Å². The maximum atomic E-state index is 6.50. The maximum absolute atomic E-state index is 6.50. The Bertz CT molecular complexity index is 7790. The monoisotopic (exact) mass is 1490 g/mol. The Morgan fingerprint density at radius 2 is 0.427 bits per heavy atom. The highest BCUT2D eigenvalue weighted by Gasteiger charge is 2.40. The highest BCUT2D eigenvalue weighted by Crippen LogP contribution is 2.58. The van der Waals surface area contributed by atoms with E-state index in [0.717, 1.165) is 33.1 Å². The molecule has 24 rings (SSSR count). The van der Waals surface area contributed by atoms with Gasteiger partial charge in [-0.05, 0) is 244 Å². The average molecular weight is 1490 g/mol. The van der Waals surface area contributed by atoms with E-state index in [2.05, 4.69) is 422 Å². The van der Waals surface area contributed by atoms with Crippen LogP contribution in [0.5, 0.6) is 0 Å². The predicted octanol–water partition coefficient (Wildman–Crippen LogP) is 32.4. The molecule has 1 heterocycles. The van der Waals surface area contributed by atoms with Gasteiger partial charge in [0, 0.05) is 27.2 Å². The molecule has 0 saturated carbocycles. The Morgan fingerprint density at radius 3 is 0.846 bits per heavy atom. The van der Waals surface area contributed by atoms with Crippen LogP contribution in [0.1, 0.15) is 49.9 Å².